The first-order valence-electron chi connectivity index (χ1n) is 5.12. The molecule has 0 amide bonds. The van der Waals surface area contributed by atoms with Gasteiger partial charge in [-0.15, -0.1) is 11.3 Å². The van der Waals surface area contributed by atoms with Crippen LogP contribution in [0, 0.1) is 29.6 Å². The minimum absolute atomic E-state index is 0.380. The van der Waals surface area contributed by atoms with E-state index < -0.39 is 5.92 Å². The molecule has 0 bridgehead atoms. The summed E-state index contributed by atoms with van der Waals surface area (Å²) in [4.78, 5) is 2.04. The lowest BCUT2D eigenvalue weighted by molar-refractivity contribution is 0.982. The molecule has 0 aliphatic carbocycles. The lowest BCUT2D eigenvalue weighted by Gasteiger charge is -2.22. The van der Waals surface area contributed by atoms with Gasteiger partial charge in [0.15, 0.2) is 0 Å². The van der Waals surface area contributed by atoms with Crippen molar-refractivity contribution in [2.75, 3.05) is 0 Å². The Bertz CT molecular complexity index is 604. The number of nitriles is 2. The predicted molar refractivity (Wildman–Crippen MR) is 73.0 cm³/mol. The van der Waals surface area contributed by atoms with E-state index >= 15 is 0 Å². The van der Waals surface area contributed by atoms with Gasteiger partial charge in [0.05, 0.1) is 39.3 Å². The first-order chi connectivity index (χ1) is 8.58. The second-order valence-corrected chi connectivity index (χ2v) is 6.17. The van der Waals surface area contributed by atoms with Gasteiger partial charge >= 0.3 is 0 Å². The average Bonchev–Trinajstić information content (AvgIpc) is 2.74. The topological polar surface area (TPSA) is 99.6 Å². The molecule has 2 rings (SSSR count). The van der Waals surface area contributed by atoms with E-state index in [0.29, 0.717) is 21.2 Å². The van der Waals surface area contributed by atoms with Gasteiger partial charge in [-0.3, -0.25) is 0 Å². The van der Waals surface area contributed by atoms with E-state index in [1.165, 1.54) is 0 Å². The van der Waals surface area contributed by atoms with E-state index in [1.54, 1.807) is 11.3 Å². The number of allylic oxidation sites excluding steroid dienone is 2. The van der Waals surface area contributed by atoms with Crippen molar-refractivity contribution in [1.29, 1.82) is 10.5 Å². The predicted octanol–water partition coefficient (Wildman–Crippen LogP) is 2.27. The van der Waals surface area contributed by atoms with Crippen molar-refractivity contribution in [3.63, 3.8) is 0 Å². The van der Waals surface area contributed by atoms with Crippen LogP contribution in [0.3, 0.4) is 0 Å². The number of nitrogens with zero attached hydrogens (tertiary/aromatic N) is 2. The summed E-state index contributed by atoms with van der Waals surface area (Å²) in [7, 11) is 0. The molecule has 0 saturated heterocycles. The maximum absolute atomic E-state index is 9.23. The van der Waals surface area contributed by atoms with Crippen molar-refractivity contribution in [1.82, 2.24) is 0 Å². The van der Waals surface area contributed by atoms with Crippen LogP contribution in [0.4, 0.5) is 0 Å². The maximum atomic E-state index is 9.23. The molecule has 1 aliphatic heterocycles. The van der Waals surface area contributed by atoms with Gasteiger partial charge in [-0.2, -0.15) is 10.5 Å². The van der Waals surface area contributed by atoms with Crippen molar-refractivity contribution in [3.05, 3.63) is 43.1 Å². The van der Waals surface area contributed by atoms with Crippen LogP contribution < -0.4 is 11.5 Å². The molecule has 0 atom stereocenters. The number of aryl methyl sites for hydroxylation is 1. The fourth-order valence-electron chi connectivity index (χ4n) is 1.79. The molecule has 6 heteroatoms. The van der Waals surface area contributed by atoms with E-state index in [1.807, 2.05) is 19.1 Å². The Morgan fingerprint density at radius 1 is 1.11 bits per heavy atom. The van der Waals surface area contributed by atoms with Gasteiger partial charge in [-0.25, -0.2) is 0 Å². The van der Waals surface area contributed by atoms with E-state index in [-0.39, 0.29) is 0 Å². The van der Waals surface area contributed by atoms with Crippen LogP contribution in [0.25, 0.3) is 0 Å². The van der Waals surface area contributed by atoms with Crippen LogP contribution in [-0.4, -0.2) is 0 Å². The molecule has 4 N–H and O–H groups in total. The number of thioether (sulfide) groups is 1. The Kier molecular flexibility index (Phi) is 3.33. The third-order valence-corrected chi connectivity index (χ3v) is 4.56. The van der Waals surface area contributed by atoms with Crippen LogP contribution in [0.5, 0.6) is 0 Å². The van der Waals surface area contributed by atoms with Crippen LogP contribution in [0.1, 0.15) is 15.7 Å². The maximum Gasteiger partial charge on any atom is 0.0985 e. The smallest absolute Gasteiger partial charge is 0.0985 e. The largest absolute Gasteiger partial charge is 0.392 e. The third kappa shape index (κ3) is 1.97. The Balaban J connectivity index is 2.61. The molecule has 0 spiro atoms. The van der Waals surface area contributed by atoms with Gasteiger partial charge in [-0.1, -0.05) is 11.8 Å². The second kappa shape index (κ2) is 4.77. The highest BCUT2D eigenvalue weighted by atomic mass is 32.2. The molecule has 0 radical (unpaired) electrons. The fourth-order valence-corrected chi connectivity index (χ4v) is 3.57. The standard InChI is InChI=1S/C12H10N4S2/c1-6-2-3-9(17-6)10-7(4-13)11(15)18-12(16)8(10)5-14/h2-3,10H,15-16H2,1H3. The number of hydrogen-bond donors (Lipinski definition) is 2. The zero-order valence-corrected chi connectivity index (χ0v) is 11.2. The number of thiophene rings is 1. The first kappa shape index (κ1) is 12.6. The SMILES string of the molecule is Cc1ccc(C2C(C#N)=C(N)SC(N)=C2C#N)s1. The summed E-state index contributed by atoms with van der Waals surface area (Å²) in [5.41, 5.74) is 12.5. The number of rotatable bonds is 1. The van der Waals surface area contributed by atoms with Crippen molar-refractivity contribution < 1.29 is 0 Å². The van der Waals surface area contributed by atoms with Crippen molar-refractivity contribution >= 4 is 23.1 Å². The molecule has 0 saturated carbocycles. The zero-order chi connectivity index (χ0) is 13.3. The monoisotopic (exact) mass is 274 g/mol. The normalized spacial score (nSPS) is 16.6. The summed E-state index contributed by atoms with van der Waals surface area (Å²) in [5, 5.41) is 19.2. The summed E-state index contributed by atoms with van der Waals surface area (Å²) >= 11 is 2.63. The quantitative estimate of drug-likeness (QED) is 0.818. The van der Waals surface area contributed by atoms with Crippen molar-refractivity contribution in [2.24, 2.45) is 11.5 Å². The second-order valence-electron chi connectivity index (χ2n) is 3.76. The van der Waals surface area contributed by atoms with Crippen LogP contribution >= 0.6 is 23.1 Å². The minimum atomic E-state index is -0.417. The highest BCUT2D eigenvalue weighted by Crippen LogP contribution is 2.44. The van der Waals surface area contributed by atoms with Gasteiger partial charge in [-0.05, 0) is 19.1 Å². The Morgan fingerprint density at radius 3 is 2.06 bits per heavy atom. The fraction of sp³-hybridized carbons (Fsp3) is 0.167. The molecular weight excluding hydrogens is 264 g/mol. The lowest BCUT2D eigenvalue weighted by Crippen LogP contribution is -2.17. The number of hydrogen-bond acceptors (Lipinski definition) is 6. The highest BCUT2D eigenvalue weighted by molar-refractivity contribution is 8.06. The Labute approximate surface area is 113 Å². The van der Waals surface area contributed by atoms with Crippen LogP contribution in [0.15, 0.2) is 33.3 Å². The summed E-state index contributed by atoms with van der Waals surface area (Å²) < 4.78 is 0. The molecule has 1 aliphatic rings. The molecule has 2 heterocycles. The molecular formula is C12H10N4S2. The van der Waals surface area contributed by atoms with E-state index in [0.717, 1.165) is 21.5 Å². The zero-order valence-electron chi connectivity index (χ0n) is 9.60. The summed E-state index contributed by atoms with van der Waals surface area (Å²) in [5.74, 6) is -0.417. The number of nitrogens with two attached hydrogens (primary N) is 2. The van der Waals surface area contributed by atoms with Gasteiger partial charge in [0.2, 0.25) is 0 Å². The molecule has 0 unspecified atom stereocenters. The third-order valence-electron chi connectivity index (χ3n) is 2.61. The minimum Gasteiger partial charge on any atom is -0.392 e. The molecule has 1 aromatic heterocycles. The average molecular weight is 274 g/mol. The molecule has 0 aromatic carbocycles. The van der Waals surface area contributed by atoms with Gasteiger partial charge in [0.25, 0.3) is 0 Å². The summed E-state index contributed by atoms with van der Waals surface area (Å²) in [6.07, 6.45) is 0. The Hall–Kier alpha value is -1.89. The summed E-state index contributed by atoms with van der Waals surface area (Å²) in [6, 6.07) is 8.06. The van der Waals surface area contributed by atoms with E-state index in [2.05, 4.69) is 12.1 Å². The van der Waals surface area contributed by atoms with Gasteiger partial charge in [0.1, 0.15) is 0 Å². The Morgan fingerprint density at radius 2 is 1.67 bits per heavy atom. The lowest BCUT2D eigenvalue weighted by atomic mass is 9.91. The summed E-state index contributed by atoms with van der Waals surface area (Å²) in [6.45, 7) is 1.98. The molecule has 18 heavy (non-hydrogen) atoms. The van der Waals surface area contributed by atoms with Crippen LogP contribution in [-0.2, 0) is 0 Å². The molecule has 90 valence electrons. The highest BCUT2D eigenvalue weighted by Gasteiger charge is 2.31. The molecule has 4 nitrogen and oxygen atoms in total. The van der Waals surface area contributed by atoms with Crippen LogP contribution in [0.2, 0.25) is 0 Å². The van der Waals surface area contributed by atoms with E-state index in [4.69, 9.17) is 11.5 Å². The first-order valence-corrected chi connectivity index (χ1v) is 6.75. The molecule has 0 fully saturated rings. The van der Waals surface area contributed by atoms with Crippen molar-refractivity contribution in [2.45, 2.75) is 12.8 Å². The van der Waals surface area contributed by atoms with Gasteiger partial charge in [0, 0.05) is 9.75 Å². The van der Waals surface area contributed by atoms with E-state index in [9.17, 15) is 10.5 Å². The van der Waals surface area contributed by atoms with Gasteiger partial charge < -0.3 is 11.5 Å². The van der Waals surface area contributed by atoms with Crippen molar-refractivity contribution in [3.8, 4) is 12.1 Å². The molecule has 1 aromatic rings.